The number of aromatic nitrogens is 1. The van der Waals surface area contributed by atoms with Crippen molar-refractivity contribution in [3.63, 3.8) is 0 Å². The van der Waals surface area contributed by atoms with Gasteiger partial charge in [0.25, 0.3) is 5.91 Å². The minimum atomic E-state index is -0.327. The largest absolute Gasteiger partial charge is 0.360 e. The Labute approximate surface area is 147 Å². The molecule has 0 radical (unpaired) electrons. The maximum Gasteiger partial charge on any atom is 0.262 e. The summed E-state index contributed by atoms with van der Waals surface area (Å²) in [5, 5.41) is 3.50. The van der Waals surface area contributed by atoms with Gasteiger partial charge in [0, 0.05) is 17.6 Å². The zero-order chi connectivity index (χ0) is 17.4. The van der Waals surface area contributed by atoms with Crippen molar-refractivity contribution in [3.05, 3.63) is 89.2 Å². The highest BCUT2D eigenvalue weighted by atomic mass is 16.2. The second-order valence-corrected chi connectivity index (χ2v) is 6.37. The lowest BCUT2D eigenvalue weighted by Crippen LogP contribution is -2.32. The molecule has 2 heterocycles. The van der Waals surface area contributed by atoms with Crippen molar-refractivity contribution >= 4 is 17.3 Å². The number of rotatable bonds is 3. The molecule has 1 N–H and O–H groups in total. The first-order valence-electron chi connectivity index (χ1n) is 8.32. The number of carbonyl (C=O) groups excluding carboxylic acids is 1. The predicted octanol–water partition coefficient (Wildman–Crippen LogP) is 4.47. The van der Waals surface area contributed by atoms with Gasteiger partial charge < -0.3 is 5.32 Å². The van der Waals surface area contributed by atoms with E-state index in [-0.39, 0.29) is 12.1 Å². The standard InChI is InChI=1S/C21H19N3O/c1-14-11-15(2)13-16(12-14)23-20-19-18(9-6-10-22-19)21(25)24(20)17-7-4-3-5-8-17/h3-13,20,23H,1-2H3/t20-/m0/s1. The second-order valence-electron chi connectivity index (χ2n) is 6.37. The molecule has 4 heteroatoms. The maximum atomic E-state index is 13.0. The van der Waals surface area contributed by atoms with Crippen molar-refractivity contribution in [3.8, 4) is 0 Å². The highest BCUT2D eigenvalue weighted by Gasteiger charge is 2.38. The summed E-state index contributed by atoms with van der Waals surface area (Å²) in [6.07, 6.45) is 1.41. The SMILES string of the molecule is Cc1cc(C)cc(N[C@@H]2c3ncccc3C(=O)N2c2ccccc2)c1. The summed E-state index contributed by atoms with van der Waals surface area (Å²) in [6.45, 7) is 4.14. The minimum absolute atomic E-state index is 0.0313. The summed E-state index contributed by atoms with van der Waals surface area (Å²) in [6, 6.07) is 19.7. The second kappa shape index (κ2) is 6.06. The Balaban J connectivity index is 1.79. The molecule has 0 fully saturated rings. The quantitative estimate of drug-likeness (QED) is 0.771. The van der Waals surface area contributed by atoms with E-state index < -0.39 is 0 Å². The number of nitrogens with zero attached hydrogens (tertiary/aromatic N) is 2. The first-order chi connectivity index (χ1) is 12.1. The van der Waals surface area contributed by atoms with Crippen LogP contribution in [0.1, 0.15) is 33.3 Å². The third-order valence-corrected chi connectivity index (χ3v) is 4.36. The average molecular weight is 329 g/mol. The summed E-state index contributed by atoms with van der Waals surface area (Å²) < 4.78 is 0. The molecule has 1 aromatic heterocycles. The normalized spacial score (nSPS) is 16.0. The molecule has 0 saturated carbocycles. The number of aryl methyl sites for hydroxylation is 2. The summed E-state index contributed by atoms with van der Waals surface area (Å²) in [4.78, 5) is 19.2. The van der Waals surface area contributed by atoms with Gasteiger partial charge in [-0.3, -0.25) is 14.7 Å². The van der Waals surface area contributed by atoms with Gasteiger partial charge in [0.1, 0.15) is 0 Å². The van der Waals surface area contributed by atoms with Gasteiger partial charge in [0.15, 0.2) is 6.17 Å². The van der Waals surface area contributed by atoms with Gasteiger partial charge in [-0.1, -0.05) is 24.3 Å². The molecule has 2 aromatic carbocycles. The van der Waals surface area contributed by atoms with Gasteiger partial charge in [-0.2, -0.15) is 0 Å². The molecule has 1 aliphatic rings. The third-order valence-electron chi connectivity index (χ3n) is 4.36. The molecule has 4 nitrogen and oxygen atoms in total. The Kier molecular flexibility index (Phi) is 3.73. The molecule has 0 spiro atoms. The van der Waals surface area contributed by atoms with Crippen molar-refractivity contribution < 1.29 is 4.79 Å². The van der Waals surface area contributed by atoms with Crippen molar-refractivity contribution in [2.45, 2.75) is 20.0 Å². The van der Waals surface area contributed by atoms with Crippen LogP contribution in [-0.4, -0.2) is 10.9 Å². The Morgan fingerprint density at radius 1 is 0.960 bits per heavy atom. The molecule has 0 saturated heterocycles. The lowest BCUT2D eigenvalue weighted by Gasteiger charge is -2.26. The Morgan fingerprint density at radius 3 is 2.40 bits per heavy atom. The smallest absolute Gasteiger partial charge is 0.262 e. The van der Waals surface area contributed by atoms with E-state index in [1.807, 2.05) is 36.4 Å². The van der Waals surface area contributed by atoms with Crippen LogP contribution in [0.2, 0.25) is 0 Å². The average Bonchev–Trinajstić information content (AvgIpc) is 2.87. The van der Waals surface area contributed by atoms with Crippen molar-refractivity contribution in [2.75, 3.05) is 10.2 Å². The number of hydrogen-bond acceptors (Lipinski definition) is 3. The number of pyridine rings is 1. The lowest BCUT2D eigenvalue weighted by molar-refractivity contribution is 0.0993. The predicted molar refractivity (Wildman–Crippen MR) is 99.8 cm³/mol. The van der Waals surface area contributed by atoms with Gasteiger partial charge in [-0.05, 0) is 61.4 Å². The van der Waals surface area contributed by atoms with E-state index in [9.17, 15) is 4.79 Å². The number of hydrogen-bond donors (Lipinski definition) is 1. The molecule has 124 valence electrons. The van der Waals surface area contributed by atoms with E-state index in [1.165, 1.54) is 11.1 Å². The molecule has 25 heavy (non-hydrogen) atoms. The zero-order valence-electron chi connectivity index (χ0n) is 14.2. The summed E-state index contributed by atoms with van der Waals surface area (Å²) in [5.74, 6) is -0.0313. The monoisotopic (exact) mass is 329 g/mol. The van der Waals surface area contributed by atoms with Gasteiger partial charge >= 0.3 is 0 Å². The fourth-order valence-electron chi connectivity index (χ4n) is 3.39. The third kappa shape index (κ3) is 2.76. The number of amides is 1. The molecular weight excluding hydrogens is 310 g/mol. The Hall–Kier alpha value is -3.14. The van der Waals surface area contributed by atoms with Crippen LogP contribution in [0.4, 0.5) is 11.4 Å². The first-order valence-corrected chi connectivity index (χ1v) is 8.32. The number of fused-ring (bicyclic) bond motifs is 1. The maximum absolute atomic E-state index is 13.0. The fraction of sp³-hybridized carbons (Fsp3) is 0.143. The topological polar surface area (TPSA) is 45.2 Å². The van der Waals surface area contributed by atoms with Gasteiger partial charge in [-0.25, -0.2) is 0 Å². The molecule has 1 amide bonds. The molecular formula is C21H19N3O. The van der Waals surface area contributed by atoms with Crippen LogP contribution in [0.25, 0.3) is 0 Å². The number of benzene rings is 2. The van der Waals surface area contributed by atoms with Crippen LogP contribution in [0, 0.1) is 13.8 Å². The molecule has 3 aromatic rings. The van der Waals surface area contributed by atoms with Crippen LogP contribution >= 0.6 is 0 Å². The molecule has 0 bridgehead atoms. The first kappa shape index (κ1) is 15.4. The van der Waals surface area contributed by atoms with Crippen LogP contribution < -0.4 is 10.2 Å². The van der Waals surface area contributed by atoms with E-state index >= 15 is 0 Å². The highest BCUT2D eigenvalue weighted by molar-refractivity contribution is 6.11. The summed E-state index contributed by atoms with van der Waals surface area (Å²) in [5.41, 5.74) is 5.60. The van der Waals surface area contributed by atoms with Gasteiger partial charge in [-0.15, -0.1) is 0 Å². The Bertz CT molecular complexity index is 917. The van der Waals surface area contributed by atoms with Gasteiger partial charge in [0.2, 0.25) is 0 Å². The molecule has 0 unspecified atom stereocenters. The van der Waals surface area contributed by atoms with Gasteiger partial charge in [0.05, 0.1) is 11.3 Å². The van der Waals surface area contributed by atoms with Crippen LogP contribution in [-0.2, 0) is 0 Å². The van der Waals surface area contributed by atoms with E-state index in [0.29, 0.717) is 5.56 Å². The van der Waals surface area contributed by atoms with Crippen LogP contribution in [0.5, 0.6) is 0 Å². The number of anilines is 2. The van der Waals surface area contributed by atoms with Crippen molar-refractivity contribution in [2.24, 2.45) is 0 Å². The molecule has 1 aliphatic heterocycles. The summed E-state index contributed by atoms with van der Waals surface area (Å²) in [7, 11) is 0. The van der Waals surface area contributed by atoms with E-state index in [2.05, 4.69) is 42.3 Å². The Morgan fingerprint density at radius 2 is 1.68 bits per heavy atom. The van der Waals surface area contributed by atoms with Crippen molar-refractivity contribution in [1.29, 1.82) is 0 Å². The molecule has 4 rings (SSSR count). The lowest BCUT2D eigenvalue weighted by atomic mass is 10.1. The molecule has 0 aliphatic carbocycles. The summed E-state index contributed by atoms with van der Waals surface area (Å²) >= 11 is 0. The minimum Gasteiger partial charge on any atom is -0.360 e. The van der Waals surface area contributed by atoms with E-state index in [4.69, 9.17) is 0 Å². The van der Waals surface area contributed by atoms with Crippen LogP contribution in [0.3, 0.4) is 0 Å². The number of nitrogens with one attached hydrogen (secondary N) is 1. The number of carbonyl (C=O) groups is 1. The van der Waals surface area contributed by atoms with Crippen molar-refractivity contribution in [1.82, 2.24) is 4.98 Å². The van der Waals surface area contributed by atoms with E-state index in [0.717, 1.165) is 17.1 Å². The molecule has 1 atom stereocenters. The zero-order valence-corrected chi connectivity index (χ0v) is 14.2. The highest BCUT2D eigenvalue weighted by Crippen LogP contribution is 2.36. The van der Waals surface area contributed by atoms with Crippen LogP contribution in [0.15, 0.2) is 66.9 Å². The number of para-hydroxylation sites is 1. The van der Waals surface area contributed by atoms with E-state index in [1.54, 1.807) is 17.2 Å². The fourth-order valence-corrected chi connectivity index (χ4v) is 3.39.